The summed E-state index contributed by atoms with van der Waals surface area (Å²) in [5.74, 6) is 0. The highest BCUT2D eigenvalue weighted by Gasteiger charge is 2.19. The van der Waals surface area contributed by atoms with Crippen LogP contribution in [0.2, 0.25) is 0 Å². The lowest BCUT2D eigenvalue weighted by molar-refractivity contribution is 0.307. The first-order chi connectivity index (χ1) is 14.4. The molecular formula is C24H31N3O2S. The van der Waals surface area contributed by atoms with Crippen LogP contribution in [-0.4, -0.2) is 36.2 Å². The van der Waals surface area contributed by atoms with Crippen molar-refractivity contribution >= 4 is 9.84 Å². The van der Waals surface area contributed by atoms with Gasteiger partial charge < -0.3 is 4.57 Å². The number of benzene rings is 2. The maximum absolute atomic E-state index is 12.2. The van der Waals surface area contributed by atoms with Gasteiger partial charge in [0.25, 0.3) is 0 Å². The first-order valence-electron chi connectivity index (χ1n) is 10.4. The predicted molar refractivity (Wildman–Crippen MR) is 121 cm³/mol. The maximum atomic E-state index is 12.2. The second-order valence-electron chi connectivity index (χ2n) is 7.89. The van der Waals surface area contributed by atoms with Crippen LogP contribution in [0.1, 0.15) is 35.7 Å². The van der Waals surface area contributed by atoms with E-state index < -0.39 is 9.84 Å². The Hall–Kier alpha value is -2.44. The average molecular weight is 426 g/mol. The van der Waals surface area contributed by atoms with Crippen LogP contribution in [0.25, 0.3) is 0 Å². The summed E-state index contributed by atoms with van der Waals surface area (Å²) in [6, 6.07) is 18.9. The van der Waals surface area contributed by atoms with E-state index in [1.165, 1.54) is 22.9 Å². The van der Waals surface area contributed by atoms with Crippen molar-refractivity contribution in [1.29, 1.82) is 0 Å². The van der Waals surface area contributed by atoms with Crippen molar-refractivity contribution in [2.75, 3.05) is 13.3 Å². The molecule has 30 heavy (non-hydrogen) atoms. The quantitative estimate of drug-likeness (QED) is 0.490. The monoisotopic (exact) mass is 425 g/mol. The zero-order valence-corrected chi connectivity index (χ0v) is 18.9. The molecule has 0 fully saturated rings. The molecule has 0 spiro atoms. The zero-order chi connectivity index (χ0) is 21.6. The summed E-state index contributed by atoms with van der Waals surface area (Å²) in [6.07, 6.45) is 5.73. The number of rotatable bonds is 10. The van der Waals surface area contributed by atoms with Gasteiger partial charge in [0.15, 0.2) is 0 Å². The van der Waals surface area contributed by atoms with Crippen molar-refractivity contribution in [3.05, 3.63) is 83.2 Å². The summed E-state index contributed by atoms with van der Waals surface area (Å²) in [4.78, 5) is 6.44. The van der Waals surface area contributed by atoms with Crippen LogP contribution in [-0.2, 0) is 42.3 Å². The van der Waals surface area contributed by atoms with Gasteiger partial charge in [0.2, 0.25) is 15.0 Å². The van der Waals surface area contributed by atoms with Crippen LogP contribution >= 0.6 is 0 Å². The number of nitrogens with zero attached hydrogens (tertiary/aromatic N) is 3. The third-order valence-electron chi connectivity index (χ3n) is 5.24. The van der Waals surface area contributed by atoms with Gasteiger partial charge in [-0.25, -0.2) is 13.4 Å². The Morgan fingerprint density at radius 2 is 1.60 bits per heavy atom. The molecule has 0 unspecified atom stereocenters. The molecule has 0 atom stereocenters. The van der Waals surface area contributed by atoms with Crippen LogP contribution in [0.5, 0.6) is 0 Å². The van der Waals surface area contributed by atoms with Gasteiger partial charge >= 0.3 is 0 Å². The molecule has 0 N–H and O–H groups in total. The summed E-state index contributed by atoms with van der Waals surface area (Å²) in [7, 11) is -1.33. The molecule has 0 amide bonds. The minimum atomic E-state index is -3.38. The molecule has 160 valence electrons. The Kier molecular flexibility index (Phi) is 7.45. The minimum Gasteiger partial charge on any atom is -0.318 e. The van der Waals surface area contributed by atoms with Crippen molar-refractivity contribution in [1.82, 2.24) is 14.5 Å². The van der Waals surface area contributed by atoms with Gasteiger partial charge in [-0.05, 0) is 43.0 Å². The molecule has 1 aromatic heterocycles. The van der Waals surface area contributed by atoms with E-state index in [0.29, 0.717) is 13.1 Å². The lowest BCUT2D eigenvalue weighted by atomic mass is 10.1. The lowest BCUT2D eigenvalue weighted by Gasteiger charge is -2.19. The van der Waals surface area contributed by atoms with E-state index in [1.807, 2.05) is 22.8 Å². The predicted octanol–water partition coefficient (Wildman–Crippen LogP) is 4.11. The molecule has 3 rings (SSSR count). The third-order valence-corrected chi connectivity index (χ3v) is 6.23. The van der Waals surface area contributed by atoms with E-state index in [2.05, 4.69) is 60.3 Å². The molecular weight excluding hydrogens is 394 g/mol. The molecule has 3 aromatic rings. The largest absolute Gasteiger partial charge is 0.318 e. The van der Waals surface area contributed by atoms with E-state index in [1.54, 1.807) is 6.20 Å². The smallest absolute Gasteiger partial charge is 0.227 e. The highest BCUT2D eigenvalue weighted by atomic mass is 32.2. The topological polar surface area (TPSA) is 55.2 Å². The molecule has 6 heteroatoms. The number of hydrogen-bond acceptors (Lipinski definition) is 4. The number of imidazole rings is 1. The third kappa shape index (κ3) is 6.03. The number of aromatic nitrogens is 2. The van der Waals surface area contributed by atoms with Gasteiger partial charge in [0.05, 0.1) is 11.9 Å². The van der Waals surface area contributed by atoms with Crippen LogP contribution in [0, 0.1) is 0 Å². The second-order valence-corrected chi connectivity index (χ2v) is 9.80. The number of hydrogen-bond donors (Lipinski definition) is 0. The van der Waals surface area contributed by atoms with Crippen molar-refractivity contribution in [2.45, 2.75) is 51.0 Å². The molecule has 5 nitrogen and oxygen atoms in total. The molecule has 0 saturated heterocycles. The van der Waals surface area contributed by atoms with Gasteiger partial charge in [0, 0.05) is 25.9 Å². The Labute approximate surface area is 180 Å². The minimum absolute atomic E-state index is 0.159. The first-order valence-corrected chi connectivity index (χ1v) is 12.3. The fourth-order valence-corrected chi connectivity index (χ4v) is 4.52. The van der Waals surface area contributed by atoms with E-state index in [9.17, 15) is 8.42 Å². The maximum Gasteiger partial charge on any atom is 0.227 e. The molecule has 0 bridgehead atoms. The van der Waals surface area contributed by atoms with E-state index in [-0.39, 0.29) is 5.16 Å². The Balaban J connectivity index is 1.70. The molecule has 0 aliphatic heterocycles. The molecule has 2 aromatic carbocycles. The van der Waals surface area contributed by atoms with Crippen molar-refractivity contribution in [3.63, 3.8) is 0 Å². The fraction of sp³-hybridized carbons (Fsp3) is 0.375. The van der Waals surface area contributed by atoms with E-state index in [4.69, 9.17) is 0 Å². The number of sulfone groups is 1. The van der Waals surface area contributed by atoms with Gasteiger partial charge in [-0.15, -0.1) is 0 Å². The Morgan fingerprint density at radius 3 is 2.23 bits per heavy atom. The standard InChI is InChI=1S/C24H31N3O2S/c1-4-20-12-14-22(15-13-20)18-26(2)19-23-17-25-24(30(3,28)29)27(23)16-8-11-21-9-6-5-7-10-21/h5-7,9-10,12-15,17H,4,8,11,16,18-19H2,1-3H3. The lowest BCUT2D eigenvalue weighted by Crippen LogP contribution is -2.21. The van der Waals surface area contributed by atoms with Crippen LogP contribution < -0.4 is 0 Å². The SMILES string of the molecule is CCc1ccc(CN(C)Cc2cnc(S(C)(=O)=O)n2CCCc2ccccc2)cc1. The molecule has 0 aliphatic rings. The van der Waals surface area contributed by atoms with Crippen LogP contribution in [0.3, 0.4) is 0 Å². The summed E-state index contributed by atoms with van der Waals surface area (Å²) < 4.78 is 26.4. The second kappa shape index (κ2) is 10.0. The van der Waals surface area contributed by atoms with Crippen LogP contribution in [0.15, 0.2) is 66.0 Å². The Morgan fingerprint density at radius 1 is 0.933 bits per heavy atom. The van der Waals surface area contributed by atoms with Gasteiger partial charge in [-0.3, -0.25) is 4.90 Å². The van der Waals surface area contributed by atoms with Crippen molar-refractivity contribution in [3.8, 4) is 0 Å². The molecule has 0 radical (unpaired) electrons. The van der Waals surface area contributed by atoms with Crippen LogP contribution in [0.4, 0.5) is 0 Å². The highest BCUT2D eigenvalue weighted by molar-refractivity contribution is 7.90. The summed E-state index contributed by atoms with van der Waals surface area (Å²) in [6.45, 7) is 4.22. The summed E-state index contributed by atoms with van der Waals surface area (Å²) >= 11 is 0. The van der Waals surface area contributed by atoms with Gasteiger partial charge in [-0.2, -0.15) is 0 Å². The number of aryl methyl sites for hydroxylation is 2. The van der Waals surface area contributed by atoms with Gasteiger partial charge in [0.1, 0.15) is 0 Å². The summed E-state index contributed by atoms with van der Waals surface area (Å²) in [5.41, 5.74) is 4.76. The molecule has 0 aliphatic carbocycles. The molecule has 0 saturated carbocycles. The Bertz CT molecular complexity index is 1040. The fourth-order valence-electron chi connectivity index (χ4n) is 3.66. The van der Waals surface area contributed by atoms with Crippen molar-refractivity contribution in [2.24, 2.45) is 0 Å². The average Bonchev–Trinajstić information content (AvgIpc) is 3.12. The van der Waals surface area contributed by atoms with Gasteiger partial charge in [-0.1, -0.05) is 61.5 Å². The first kappa shape index (κ1) is 22.2. The normalized spacial score (nSPS) is 11.9. The van der Waals surface area contributed by atoms with E-state index in [0.717, 1.165) is 31.5 Å². The summed E-state index contributed by atoms with van der Waals surface area (Å²) in [5, 5.41) is 0.159. The highest BCUT2D eigenvalue weighted by Crippen LogP contribution is 2.16. The van der Waals surface area contributed by atoms with Crippen molar-refractivity contribution < 1.29 is 8.42 Å². The van der Waals surface area contributed by atoms with E-state index >= 15 is 0 Å². The zero-order valence-electron chi connectivity index (χ0n) is 18.1. The molecule has 1 heterocycles.